The summed E-state index contributed by atoms with van der Waals surface area (Å²) in [4.78, 5) is 2.56. The first-order chi connectivity index (χ1) is 9.66. The second-order valence-corrected chi connectivity index (χ2v) is 6.50. The SMILES string of the molecule is CC1CCCCN1CC1COc2c(Cl)cccc2C1N. The number of halogens is 1. The number of rotatable bonds is 2. The van der Waals surface area contributed by atoms with Gasteiger partial charge >= 0.3 is 0 Å². The van der Waals surface area contributed by atoms with Crippen LogP contribution in [0.2, 0.25) is 5.02 Å². The molecular weight excluding hydrogens is 272 g/mol. The molecule has 4 heteroatoms. The average molecular weight is 295 g/mol. The van der Waals surface area contributed by atoms with E-state index in [0.29, 0.717) is 23.6 Å². The second-order valence-electron chi connectivity index (χ2n) is 6.09. The molecule has 1 aromatic carbocycles. The zero-order valence-electron chi connectivity index (χ0n) is 12.0. The Hall–Kier alpha value is -0.770. The lowest BCUT2D eigenvalue weighted by Gasteiger charge is -2.39. The second kappa shape index (κ2) is 5.92. The van der Waals surface area contributed by atoms with Crippen LogP contribution in [0.4, 0.5) is 0 Å². The predicted molar refractivity (Wildman–Crippen MR) is 82.3 cm³/mol. The van der Waals surface area contributed by atoms with Gasteiger partial charge in [-0.3, -0.25) is 0 Å². The van der Waals surface area contributed by atoms with Crippen molar-refractivity contribution in [2.45, 2.75) is 38.3 Å². The number of nitrogens with two attached hydrogens (primary N) is 1. The maximum Gasteiger partial charge on any atom is 0.142 e. The van der Waals surface area contributed by atoms with E-state index in [0.717, 1.165) is 17.9 Å². The molecule has 3 rings (SSSR count). The van der Waals surface area contributed by atoms with Gasteiger partial charge in [0.2, 0.25) is 0 Å². The topological polar surface area (TPSA) is 38.5 Å². The van der Waals surface area contributed by atoms with Crippen molar-refractivity contribution >= 4 is 11.6 Å². The number of ether oxygens (including phenoxy) is 1. The molecule has 2 aliphatic heterocycles. The minimum absolute atomic E-state index is 0.0200. The molecular formula is C16H23ClN2O. The van der Waals surface area contributed by atoms with E-state index in [1.165, 1.54) is 25.8 Å². The quantitative estimate of drug-likeness (QED) is 0.910. The van der Waals surface area contributed by atoms with E-state index in [2.05, 4.69) is 11.8 Å². The Labute approximate surface area is 126 Å². The molecule has 3 unspecified atom stereocenters. The van der Waals surface area contributed by atoms with Crippen molar-refractivity contribution in [2.24, 2.45) is 11.7 Å². The van der Waals surface area contributed by atoms with Gasteiger partial charge in [0, 0.05) is 30.1 Å². The Morgan fingerprint density at radius 1 is 1.40 bits per heavy atom. The van der Waals surface area contributed by atoms with Crippen LogP contribution < -0.4 is 10.5 Å². The zero-order chi connectivity index (χ0) is 14.1. The fourth-order valence-electron chi connectivity index (χ4n) is 3.38. The lowest BCUT2D eigenvalue weighted by atomic mass is 9.89. The van der Waals surface area contributed by atoms with Crippen molar-refractivity contribution in [3.05, 3.63) is 28.8 Å². The number of hydrogen-bond donors (Lipinski definition) is 1. The third-order valence-electron chi connectivity index (χ3n) is 4.72. The number of piperidine rings is 1. The van der Waals surface area contributed by atoms with E-state index in [1.54, 1.807) is 0 Å². The lowest BCUT2D eigenvalue weighted by Crippen LogP contribution is -2.45. The van der Waals surface area contributed by atoms with Gasteiger partial charge in [0.05, 0.1) is 11.6 Å². The number of benzene rings is 1. The minimum atomic E-state index is 0.0200. The standard InChI is InChI=1S/C16H23ClN2O/c1-11-5-2-3-8-19(11)9-12-10-20-16-13(15(12)18)6-4-7-14(16)17/h4,6-7,11-12,15H,2-3,5,8-10,18H2,1H3. The van der Waals surface area contributed by atoms with Gasteiger partial charge in [0.15, 0.2) is 0 Å². The minimum Gasteiger partial charge on any atom is -0.491 e. The van der Waals surface area contributed by atoms with E-state index >= 15 is 0 Å². The zero-order valence-corrected chi connectivity index (χ0v) is 12.8. The van der Waals surface area contributed by atoms with Gasteiger partial charge in [-0.15, -0.1) is 0 Å². The molecule has 0 saturated carbocycles. The van der Waals surface area contributed by atoms with E-state index in [4.69, 9.17) is 22.1 Å². The van der Waals surface area contributed by atoms with E-state index in [1.807, 2.05) is 18.2 Å². The molecule has 3 nitrogen and oxygen atoms in total. The summed E-state index contributed by atoms with van der Waals surface area (Å²) in [5, 5.41) is 0.669. The summed E-state index contributed by atoms with van der Waals surface area (Å²) >= 11 is 6.18. The van der Waals surface area contributed by atoms with Crippen molar-refractivity contribution < 1.29 is 4.74 Å². The summed E-state index contributed by atoms with van der Waals surface area (Å²) in [5.41, 5.74) is 7.51. The highest BCUT2D eigenvalue weighted by molar-refractivity contribution is 6.32. The molecule has 1 aromatic rings. The van der Waals surface area contributed by atoms with Crippen LogP contribution in [0.5, 0.6) is 5.75 Å². The van der Waals surface area contributed by atoms with E-state index in [-0.39, 0.29) is 6.04 Å². The molecule has 2 heterocycles. The van der Waals surface area contributed by atoms with Gasteiger partial charge in [-0.1, -0.05) is 30.2 Å². The summed E-state index contributed by atoms with van der Waals surface area (Å²) in [6.07, 6.45) is 3.95. The molecule has 0 spiro atoms. The van der Waals surface area contributed by atoms with Gasteiger partial charge in [-0.05, 0) is 32.4 Å². The normalized spacial score (nSPS) is 30.6. The molecule has 2 aliphatic rings. The van der Waals surface area contributed by atoms with E-state index < -0.39 is 0 Å². The Kier molecular flexibility index (Phi) is 4.20. The molecule has 20 heavy (non-hydrogen) atoms. The molecule has 0 aliphatic carbocycles. The molecule has 110 valence electrons. The summed E-state index contributed by atoms with van der Waals surface area (Å²) < 4.78 is 5.88. The highest BCUT2D eigenvalue weighted by Crippen LogP contribution is 2.39. The molecule has 2 N–H and O–H groups in total. The third kappa shape index (κ3) is 2.67. The molecule has 0 bridgehead atoms. The number of fused-ring (bicyclic) bond motifs is 1. The van der Waals surface area contributed by atoms with Gasteiger partial charge in [0.25, 0.3) is 0 Å². The highest BCUT2D eigenvalue weighted by Gasteiger charge is 2.32. The smallest absolute Gasteiger partial charge is 0.142 e. The summed E-state index contributed by atoms with van der Waals surface area (Å²) in [7, 11) is 0. The van der Waals surface area contributed by atoms with Crippen LogP contribution in [0.3, 0.4) is 0 Å². The summed E-state index contributed by atoms with van der Waals surface area (Å²) in [5.74, 6) is 1.13. The van der Waals surface area contributed by atoms with Crippen LogP contribution in [0.25, 0.3) is 0 Å². The first kappa shape index (κ1) is 14.2. The Bertz CT molecular complexity index is 480. The first-order valence-corrected chi connectivity index (χ1v) is 7.95. The lowest BCUT2D eigenvalue weighted by molar-refractivity contribution is 0.0941. The molecule has 0 radical (unpaired) electrons. The van der Waals surface area contributed by atoms with Crippen molar-refractivity contribution in [1.82, 2.24) is 4.90 Å². The van der Waals surface area contributed by atoms with Gasteiger partial charge in [0.1, 0.15) is 5.75 Å². The van der Waals surface area contributed by atoms with Gasteiger partial charge < -0.3 is 15.4 Å². The fourth-order valence-corrected chi connectivity index (χ4v) is 3.62. The summed E-state index contributed by atoms with van der Waals surface area (Å²) in [6.45, 7) is 5.20. The third-order valence-corrected chi connectivity index (χ3v) is 5.01. The highest BCUT2D eigenvalue weighted by atomic mass is 35.5. The number of para-hydroxylation sites is 1. The summed E-state index contributed by atoms with van der Waals surface area (Å²) in [6, 6.07) is 6.54. The van der Waals surface area contributed by atoms with Crippen LogP contribution in [0.15, 0.2) is 18.2 Å². The number of hydrogen-bond acceptors (Lipinski definition) is 3. The molecule has 3 atom stereocenters. The molecule has 0 amide bonds. The Morgan fingerprint density at radius 2 is 2.25 bits per heavy atom. The van der Waals surface area contributed by atoms with Crippen molar-refractivity contribution in [1.29, 1.82) is 0 Å². The fraction of sp³-hybridized carbons (Fsp3) is 0.625. The largest absolute Gasteiger partial charge is 0.491 e. The molecule has 0 aromatic heterocycles. The predicted octanol–water partition coefficient (Wildman–Crippen LogP) is 3.22. The Morgan fingerprint density at radius 3 is 3.05 bits per heavy atom. The van der Waals surface area contributed by atoms with E-state index in [9.17, 15) is 0 Å². The molecule has 1 fully saturated rings. The average Bonchev–Trinajstić information content (AvgIpc) is 2.45. The van der Waals surface area contributed by atoms with Crippen LogP contribution in [-0.2, 0) is 0 Å². The van der Waals surface area contributed by atoms with Gasteiger partial charge in [-0.2, -0.15) is 0 Å². The van der Waals surface area contributed by atoms with Crippen LogP contribution in [-0.4, -0.2) is 30.6 Å². The number of nitrogens with zero attached hydrogens (tertiary/aromatic N) is 1. The van der Waals surface area contributed by atoms with Crippen LogP contribution in [0.1, 0.15) is 37.8 Å². The van der Waals surface area contributed by atoms with Crippen molar-refractivity contribution in [2.75, 3.05) is 19.7 Å². The van der Waals surface area contributed by atoms with Crippen LogP contribution >= 0.6 is 11.6 Å². The first-order valence-electron chi connectivity index (χ1n) is 7.57. The van der Waals surface area contributed by atoms with Crippen LogP contribution in [0, 0.1) is 5.92 Å². The maximum absolute atomic E-state index is 6.46. The maximum atomic E-state index is 6.46. The molecule has 1 saturated heterocycles. The van der Waals surface area contributed by atoms with Gasteiger partial charge in [-0.25, -0.2) is 0 Å². The van der Waals surface area contributed by atoms with Crippen molar-refractivity contribution in [3.8, 4) is 5.75 Å². The number of likely N-dealkylation sites (tertiary alicyclic amines) is 1. The Balaban J connectivity index is 1.73. The monoisotopic (exact) mass is 294 g/mol. The van der Waals surface area contributed by atoms with Crippen molar-refractivity contribution in [3.63, 3.8) is 0 Å².